The molecule has 1 saturated heterocycles. The smallest absolute Gasteiger partial charge is 0.266 e. The number of hydrogen-bond donors (Lipinski definition) is 0. The zero-order valence-electron chi connectivity index (χ0n) is 13.0. The number of nitrogens with zero attached hydrogens (tertiary/aromatic N) is 1. The van der Waals surface area contributed by atoms with Crippen molar-refractivity contribution in [3.8, 4) is 11.3 Å². The number of amides is 1. The normalized spacial score (nSPS) is 16.2. The molecule has 1 aliphatic heterocycles. The number of carbonyl (C=O) groups is 1. The van der Waals surface area contributed by atoms with Crippen LogP contribution in [-0.2, 0) is 11.3 Å². The van der Waals surface area contributed by atoms with Crippen LogP contribution in [0.5, 0.6) is 0 Å². The second-order valence-electron chi connectivity index (χ2n) is 5.42. The maximum absolute atomic E-state index is 12.6. The van der Waals surface area contributed by atoms with E-state index in [2.05, 4.69) is 0 Å². The van der Waals surface area contributed by atoms with Crippen LogP contribution in [0.2, 0.25) is 0 Å². The topological polar surface area (TPSA) is 46.6 Å². The molecule has 0 aliphatic carbocycles. The van der Waals surface area contributed by atoms with Crippen molar-refractivity contribution < 1.29 is 13.6 Å². The summed E-state index contributed by atoms with van der Waals surface area (Å²) in [5, 5.41) is 0. The lowest BCUT2D eigenvalue weighted by atomic mass is 10.2. The fraction of sp³-hybridized carbons (Fsp3) is 0.0526. The van der Waals surface area contributed by atoms with Gasteiger partial charge in [-0.15, -0.1) is 0 Å². The minimum absolute atomic E-state index is 0.135. The third kappa shape index (κ3) is 3.31. The maximum Gasteiger partial charge on any atom is 0.266 e. The van der Waals surface area contributed by atoms with Gasteiger partial charge in [0.15, 0.2) is 0 Å². The minimum atomic E-state index is -0.135. The maximum atomic E-state index is 12.6. The lowest BCUT2D eigenvalue weighted by Gasteiger charge is -2.11. The number of thiocarbonyl (C=S) groups is 1. The summed E-state index contributed by atoms with van der Waals surface area (Å²) < 4.78 is 11.6. The molecule has 1 fully saturated rings. The summed E-state index contributed by atoms with van der Waals surface area (Å²) >= 11 is 6.59. The molecule has 0 saturated carbocycles. The van der Waals surface area contributed by atoms with Crippen LogP contribution in [0.4, 0.5) is 0 Å². The van der Waals surface area contributed by atoms with Gasteiger partial charge in [-0.25, -0.2) is 0 Å². The van der Waals surface area contributed by atoms with Crippen LogP contribution < -0.4 is 0 Å². The van der Waals surface area contributed by atoms with Crippen LogP contribution in [0, 0.1) is 0 Å². The SMILES string of the molecule is O=C1/C(=C/c2ccc(-c3ccccc3)o2)SC(=S)N1Cc1ccco1. The molecule has 0 bridgehead atoms. The van der Waals surface area contributed by atoms with Crippen molar-refractivity contribution in [2.24, 2.45) is 0 Å². The quantitative estimate of drug-likeness (QED) is 0.483. The van der Waals surface area contributed by atoms with Crippen molar-refractivity contribution in [3.63, 3.8) is 0 Å². The standard InChI is InChI=1S/C19H13NO3S2/c21-18-17(25-19(24)20(18)12-15-7-4-10-22-15)11-14-8-9-16(23-14)13-5-2-1-3-6-13/h1-11H,12H2/b17-11-. The molecule has 1 amide bonds. The largest absolute Gasteiger partial charge is 0.467 e. The Bertz CT molecular complexity index is 942. The van der Waals surface area contributed by atoms with E-state index >= 15 is 0 Å². The highest BCUT2D eigenvalue weighted by Gasteiger charge is 2.32. The zero-order valence-corrected chi connectivity index (χ0v) is 14.7. The molecule has 0 radical (unpaired) electrons. The van der Waals surface area contributed by atoms with E-state index in [-0.39, 0.29) is 5.91 Å². The molecule has 0 unspecified atom stereocenters. The molecule has 0 spiro atoms. The van der Waals surface area contributed by atoms with E-state index in [1.54, 1.807) is 18.4 Å². The Hall–Kier alpha value is -2.57. The summed E-state index contributed by atoms with van der Waals surface area (Å²) in [5.41, 5.74) is 0.993. The third-order valence-electron chi connectivity index (χ3n) is 3.73. The van der Waals surface area contributed by atoms with Crippen LogP contribution in [0.3, 0.4) is 0 Å². The summed E-state index contributed by atoms with van der Waals surface area (Å²) in [7, 11) is 0. The number of benzene rings is 1. The number of carbonyl (C=O) groups excluding carboxylic acids is 1. The Morgan fingerprint density at radius 2 is 1.92 bits per heavy atom. The number of rotatable bonds is 4. The van der Waals surface area contributed by atoms with E-state index in [0.717, 1.165) is 11.3 Å². The average Bonchev–Trinajstić information content (AvgIpc) is 3.35. The Kier molecular flexibility index (Phi) is 4.29. The molecule has 3 heterocycles. The second kappa shape index (κ2) is 6.74. The van der Waals surface area contributed by atoms with Crippen molar-refractivity contribution >= 4 is 40.3 Å². The lowest BCUT2D eigenvalue weighted by molar-refractivity contribution is -0.122. The average molecular weight is 367 g/mol. The molecule has 124 valence electrons. The Morgan fingerprint density at radius 1 is 1.08 bits per heavy atom. The predicted octanol–water partition coefficient (Wildman–Crippen LogP) is 4.94. The zero-order chi connectivity index (χ0) is 17.2. The van der Waals surface area contributed by atoms with Gasteiger partial charge in [0.05, 0.1) is 17.7 Å². The molecule has 1 aromatic carbocycles. The van der Waals surface area contributed by atoms with Crippen LogP contribution in [0.25, 0.3) is 17.4 Å². The highest BCUT2D eigenvalue weighted by atomic mass is 32.2. The second-order valence-corrected chi connectivity index (χ2v) is 7.09. The summed E-state index contributed by atoms with van der Waals surface area (Å²) in [6, 6.07) is 17.2. The molecule has 4 rings (SSSR count). The van der Waals surface area contributed by atoms with Crippen molar-refractivity contribution in [2.75, 3.05) is 0 Å². The molecule has 2 aromatic heterocycles. The van der Waals surface area contributed by atoms with Gasteiger partial charge in [0, 0.05) is 11.6 Å². The van der Waals surface area contributed by atoms with Gasteiger partial charge in [0.2, 0.25) is 0 Å². The van der Waals surface area contributed by atoms with Crippen molar-refractivity contribution in [2.45, 2.75) is 6.54 Å². The first-order valence-corrected chi connectivity index (χ1v) is 8.86. The fourth-order valence-corrected chi connectivity index (χ4v) is 3.75. The fourth-order valence-electron chi connectivity index (χ4n) is 2.51. The minimum Gasteiger partial charge on any atom is -0.467 e. The van der Waals surface area contributed by atoms with Crippen molar-refractivity contribution in [1.29, 1.82) is 0 Å². The summed E-state index contributed by atoms with van der Waals surface area (Å²) in [6.07, 6.45) is 3.31. The third-order valence-corrected chi connectivity index (χ3v) is 5.10. The molecule has 4 nitrogen and oxygen atoms in total. The van der Waals surface area contributed by atoms with Gasteiger partial charge in [-0.05, 0) is 24.3 Å². The summed E-state index contributed by atoms with van der Waals surface area (Å²) in [4.78, 5) is 14.7. The highest BCUT2D eigenvalue weighted by molar-refractivity contribution is 8.26. The molecule has 25 heavy (non-hydrogen) atoms. The van der Waals surface area contributed by atoms with E-state index in [1.165, 1.54) is 16.7 Å². The first kappa shape index (κ1) is 15.9. The van der Waals surface area contributed by atoms with Gasteiger partial charge in [-0.3, -0.25) is 9.69 Å². The van der Waals surface area contributed by atoms with Gasteiger partial charge in [0.25, 0.3) is 5.91 Å². The van der Waals surface area contributed by atoms with Crippen LogP contribution in [-0.4, -0.2) is 15.1 Å². The van der Waals surface area contributed by atoms with Gasteiger partial charge in [0.1, 0.15) is 21.6 Å². The monoisotopic (exact) mass is 367 g/mol. The van der Waals surface area contributed by atoms with Crippen LogP contribution in [0.15, 0.2) is 74.6 Å². The molecule has 3 aromatic rings. The van der Waals surface area contributed by atoms with Gasteiger partial charge < -0.3 is 8.83 Å². The van der Waals surface area contributed by atoms with E-state index in [4.69, 9.17) is 21.1 Å². The predicted molar refractivity (Wildman–Crippen MR) is 102 cm³/mol. The number of furan rings is 2. The van der Waals surface area contributed by atoms with Gasteiger partial charge >= 0.3 is 0 Å². The summed E-state index contributed by atoms with van der Waals surface area (Å²) in [6.45, 7) is 0.336. The molecule has 1 aliphatic rings. The first-order valence-electron chi connectivity index (χ1n) is 7.64. The molecular weight excluding hydrogens is 354 g/mol. The van der Waals surface area contributed by atoms with E-state index in [9.17, 15) is 4.79 Å². The highest BCUT2D eigenvalue weighted by Crippen LogP contribution is 2.34. The Labute approximate surface area is 154 Å². The van der Waals surface area contributed by atoms with Crippen LogP contribution >= 0.6 is 24.0 Å². The van der Waals surface area contributed by atoms with E-state index in [1.807, 2.05) is 48.5 Å². The van der Waals surface area contributed by atoms with Gasteiger partial charge in [-0.1, -0.05) is 54.3 Å². The molecule has 0 N–H and O–H groups in total. The summed E-state index contributed by atoms with van der Waals surface area (Å²) in [5.74, 6) is 1.95. The van der Waals surface area contributed by atoms with E-state index < -0.39 is 0 Å². The lowest BCUT2D eigenvalue weighted by Crippen LogP contribution is -2.27. The van der Waals surface area contributed by atoms with Crippen molar-refractivity contribution in [1.82, 2.24) is 4.90 Å². The Morgan fingerprint density at radius 3 is 2.68 bits per heavy atom. The Balaban J connectivity index is 1.55. The number of thioether (sulfide) groups is 1. The van der Waals surface area contributed by atoms with Crippen LogP contribution in [0.1, 0.15) is 11.5 Å². The molecule has 6 heteroatoms. The molecular formula is C19H13NO3S2. The van der Waals surface area contributed by atoms with Gasteiger partial charge in [-0.2, -0.15) is 0 Å². The first-order chi connectivity index (χ1) is 12.2. The van der Waals surface area contributed by atoms with Crippen molar-refractivity contribution in [3.05, 3.63) is 77.3 Å². The number of hydrogen-bond acceptors (Lipinski definition) is 5. The van der Waals surface area contributed by atoms with E-state index in [0.29, 0.717) is 27.3 Å². The molecule has 0 atom stereocenters.